The molecule has 1 heterocycles. The summed E-state index contributed by atoms with van der Waals surface area (Å²) in [4.78, 5) is 4.33. The lowest BCUT2D eigenvalue weighted by atomic mass is 9.74. The maximum absolute atomic E-state index is 14.9. The van der Waals surface area contributed by atoms with Crippen LogP contribution in [0, 0.1) is 5.41 Å². The first-order valence-corrected chi connectivity index (χ1v) is 10.1. The lowest BCUT2D eigenvalue weighted by Crippen LogP contribution is -2.55. The van der Waals surface area contributed by atoms with E-state index in [1.54, 1.807) is 14.2 Å². The number of aliphatic hydroxyl groups excluding tert-OH is 1. The minimum absolute atomic E-state index is 0.00259. The molecule has 2 aliphatic carbocycles. The molecule has 0 spiro atoms. The Kier molecular flexibility index (Phi) is 6.59. The Hall–Kier alpha value is -0.690. The van der Waals surface area contributed by atoms with Crippen molar-refractivity contribution in [1.29, 1.82) is 0 Å². The van der Waals surface area contributed by atoms with Crippen molar-refractivity contribution in [1.82, 2.24) is 9.80 Å². The molecule has 2 fully saturated rings. The molecule has 3 atom stereocenters. The van der Waals surface area contributed by atoms with Crippen LogP contribution in [0.5, 0.6) is 0 Å². The van der Waals surface area contributed by atoms with Crippen LogP contribution in [-0.2, 0) is 9.47 Å². The van der Waals surface area contributed by atoms with Gasteiger partial charge in [-0.1, -0.05) is 26.2 Å². The van der Waals surface area contributed by atoms with Crippen molar-refractivity contribution in [3.63, 3.8) is 0 Å². The van der Waals surface area contributed by atoms with Gasteiger partial charge in [-0.3, -0.25) is 4.90 Å². The zero-order chi connectivity index (χ0) is 18.7. The first kappa shape index (κ1) is 20.1. The van der Waals surface area contributed by atoms with Gasteiger partial charge in [0.15, 0.2) is 5.83 Å². The first-order chi connectivity index (χ1) is 12.5. The molecule has 5 nitrogen and oxygen atoms in total. The van der Waals surface area contributed by atoms with Gasteiger partial charge in [-0.25, -0.2) is 4.39 Å². The summed E-state index contributed by atoms with van der Waals surface area (Å²) >= 11 is 0. The second-order valence-electron chi connectivity index (χ2n) is 8.38. The van der Waals surface area contributed by atoms with E-state index in [4.69, 9.17) is 9.47 Å². The van der Waals surface area contributed by atoms with Crippen molar-refractivity contribution in [2.24, 2.45) is 5.41 Å². The van der Waals surface area contributed by atoms with Gasteiger partial charge in [-0.2, -0.15) is 0 Å². The van der Waals surface area contributed by atoms with E-state index >= 15 is 0 Å². The van der Waals surface area contributed by atoms with E-state index < -0.39 is 6.10 Å². The maximum Gasteiger partial charge on any atom is 0.150 e. The summed E-state index contributed by atoms with van der Waals surface area (Å²) in [5.41, 5.74) is 0.769. The molecule has 0 aromatic heterocycles. The fourth-order valence-electron chi connectivity index (χ4n) is 4.98. The molecule has 150 valence electrons. The van der Waals surface area contributed by atoms with Crippen LogP contribution in [0.4, 0.5) is 4.39 Å². The molecule has 0 aromatic rings. The zero-order valence-corrected chi connectivity index (χ0v) is 16.5. The maximum atomic E-state index is 14.9. The van der Waals surface area contributed by atoms with E-state index in [2.05, 4.69) is 16.7 Å². The molecule has 3 unspecified atom stereocenters. The summed E-state index contributed by atoms with van der Waals surface area (Å²) in [6, 6.07) is 0. The fourth-order valence-corrected chi connectivity index (χ4v) is 4.98. The Balaban J connectivity index is 1.61. The predicted octanol–water partition coefficient (Wildman–Crippen LogP) is 2.90. The Morgan fingerprint density at radius 1 is 1.08 bits per heavy atom. The van der Waals surface area contributed by atoms with Gasteiger partial charge >= 0.3 is 0 Å². The van der Waals surface area contributed by atoms with Crippen LogP contribution in [0.15, 0.2) is 11.5 Å². The third kappa shape index (κ3) is 3.93. The molecule has 0 aromatic carbocycles. The van der Waals surface area contributed by atoms with Gasteiger partial charge in [0.1, 0.15) is 12.3 Å². The van der Waals surface area contributed by atoms with Crippen molar-refractivity contribution in [2.45, 2.75) is 70.3 Å². The molecule has 1 saturated carbocycles. The van der Waals surface area contributed by atoms with E-state index in [0.717, 1.165) is 51.1 Å². The number of allylic oxidation sites excluding steroid dienone is 1. The smallest absolute Gasteiger partial charge is 0.150 e. The van der Waals surface area contributed by atoms with Gasteiger partial charge in [-0.05, 0) is 25.7 Å². The SMILES string of the molecule is COC1CCC(N2CCN(C(O)C3(C)CCCCC3)CC2)=C(F)C1OC. The van der Waals surface area contributed by atoms with Gasteiger partial charge in [0, 0.05) is 51.5 Å². The number of piperazine rings is 1. The van der Waals surface area contributed by atoms with E-state index in [1.165, 1.54) is 19.3 Å². The number of halogens is 1. The Morgan fingerprint density at radius 2 is 1.73 bits per heavy atom. The first-order valence-electron chi connectivity index (χ1n) is 10.1. The van der Waals surface area contributed by atoms with E-state index in [1.807, 2.05) is 0 Å². The average molecular weight is 371 g/mol. The Morgan fingerprint density at radius 3 is 2.31 bits per heavy atom. The summed E-state index contributed by atoms with van der Waals surface area (Å²) < 4.78 is 25.6. The molecule has 6 heteroatoms. The monoisotopic (exact) mass is 370 g/mol. The van der Waals surface area contributed by atoms with Crippen LogP contribution in [0.2, 0.25) is 0 Å². The Bertz CT molecular complexity index is 499. The normalized spacial score (nSPS) is 32.0. The summed E-state index contributed by atoms with van der Waals surface area (Å²) in [6.07, 6.45) is 6.17. The molecular weight excluding hydrogens is 335 g/mol. The summed E-state index contributed by atoms with van der Waals surface area (Å²) in [6.45, 7) is 5.28. The lowest BCUT2D eigenvalue weighted by molar-refractivity contribution is -0.112. The minimum atomic E-state index is -0.603. The molecule has 1 aliphatic heterocycles. The molecule has 1 saturated heterocycles. The highest BCUT2D eigenvalue weighted by Crippen LogP contribution is 2.40. The topological polar surface area (TPSA) is 45.2 Å². The van der Waals surface area contributed by atoms with Crippen molar-refractivity contribution in [2.75, 3.05) is 40.4 Å². The van der Waals surface area contributed by atoms with Gasteiger partial charge in [0.05, 0.1) is 6.10 Å². The summed E-state index contributed by atoms with van der Waals surface area (Å²) in [5.74, 6) is -0.182. The summed E-state index contributed by atoms with van der Waals surface area (Å²) in [5, 5.41) is 10.9. The van der Waals surface area contributed by atoms with Gasteiger partial charge < -0.3 is 19.5 Å². The van der Waals surface area contributed by atoms with Gasteiger partial charge in [0.2, 0.25) is 0 Å². The second kappa shape index (κ2) is 8.55. The van der Waals surface area contributed by atoms with Gasteiger partial charge in [-0.15, -0.1) is 0 Å². The number of methoxy groups -OCH3 is 2. The Labute approximate surface area is 157 Å². The van der Waals surface area contributed by atoms with E-state index in [0.29, 0.717) is 6.42 Å². The predicted molar refractivity (Wildman–Crippen MR) is 99.3 cm³/mol. The number of nitrogens with zero attached hydrogens (tertiary/aromatic N) is 2. The highest BCUT2D eigenvalue weighted by atomic mass is 19.1. The largest absolute Gasteiger partial charge is 0.378 e. The van der Waals surface area contributed by atoms with Crippen molar-refractivity contribution >= 4 is 0 Å². The number of ether oxygens (including phenoxy) is 2. The standard InChI is InChI=1S/C20H35FN2O3/c1-20(9-5-4-6-10-20)19(24)23-13-11-22(12-14-23)15-7-8-16(25-2)18(26-3)17(15)21/h16,18-19,24H,4-14H2,1-3H3. The highest BCUT2D eigenvalue weighted by Gasteiger charge is 2.40. The number of aliphatic hydroxyl groups is 1. The molecule has 26 heavy (non-hydrogen) atoms. The van der Waals surface area contributed by atoms with Crippen molar-refractivity contribution < 1.29 is 19.0 Å². The average Bonchev–Trinajstić information content (AvgIpc) is 2.68. The van der Waals surface area contributed by atoms with Crippen LogP contribution in [-0.4, -0.2) is 73.7 Å². The minimum Gasteiger partial charge on any atom is -0.378 e. The van der Waals surface area contributed by atoms with Crippen molar-refractivity contribution in [3.8, 4) is 0 Å². The van der Waals surface area contributed by atoms with Crippen LogP contribution < -0.4 is 0 Å². The lowest BCUT2D eigenvalue weighted by Gasteiger charge is -2.47. The molecule has 3 aliphatic rings. The molecule has 1 N–H and O–H groups in total. The van der Waals surface area contributed by atoms with Gasteiger partial charge in [0.25, 0.3) is 0 Å². The van der Waals surface area contributed by atoms with Crippen LogP contribution in [0.25, 0.3) is 0 Å². The number of hydrogen-bond acceptors (Lipinski definition) is 5. The quantitative estimate of drug-likeness (QED) is 0.806. The summed E-state index contributed by atoms with van der Waals surface area (Å²) in [7, 11) is 3.15. The van der Waals surface area contributed by atoms with E-state index in [9.17, 15) is 9.50 Å². The molecular formula is C20H35FN2O3. The fraction of sp³-hybridized carbons (Fsp3) is 0.900. The molecule has 0 radical (unpaired) electrons. The highest BCUT2D eigenvalue weighted by molar-refractivity contribution is 5.18. The molecule has 3 rings (SSSR count). The number of rotatable bonds is 5. The van der Waals surface area contributed by atoms with Crippen molar-refractivity contribution in [3.05, 3.63) is 11.5 Å². The number of hydrogen-bond donors (Lipinski definition) is 1. The molecule has 0 bridgehead atoms. The third-order valence-electron chi connectivity index (χ3n) is 6.75. The third-order valence-corrected chi connectivity index (χ3v) is 6.75. The molecule has 0 amide bonds. The van der Waals surface area contributed by atoms with Crippen LogP contribution in [0.3, 0.4) is 0 Å². The second-order valence-corrected chi connectivity index (χ2v) is 8.38. The van der Waals surface area contributed by atoms with Crippen LogP contribution >= 0.6 is 0 Å². The zero-order valence-electron chi connectivity index (χ0n) is 16.5. The van der Waals surface area contributed by atoms with E-state index in [-0.39, 0.29) is 23.6 Å². The van der Waals surface area contributed by atoms with Crippen LogP contribution in [0.1, 0.15) is 51.9 Å².